The first-order valence-electron chi connectivity index (χ1n) is 5.19. The largest absolute Gasteiger partial charge is 0.481 e. The number of ether oxygens (including phenoxy) is 2. The second-order valence-corrected chi connectivity index (χ2v) is 4.60. The van der Waals surface area contributed by atoms with E-state index in [0.717, 1.165) is 12.8 Å². The Kier molecular flexibility index (Phi) is 1.66. The SMILES string of the molecule is O=C1C[C@@H]2[C@@H](C(=O)O)[C@H]3CC[C@@]2(CO1)O3. The molecule has 0 amide bonds. The fraction of sp³-hybridized carbons (Fsp3) is 0.800. The molecule has 82 valence electrons. The fourth-order valence-corrected chi connectivity index (χ4v) is 3.22. The summed E-state index contributed by atoms with van der Waals surface area (Å²) >= 11 is 0. The van der Waals surface area contributed by atoms with Crippen molar-refractivity contribution in [3.05, 3.63) is 0 Å². The van der Waals surface area contributed by atoms with Gasteiger partial charge in [-0.2, -0.15) is 0 Å². The minimum absolute atomic E-state index is 0.185. The van der Waals surface area contributed by atoms with Crippen LogP contribution in [0.25, 0.3) is 0 Å². The molecule has 3 fully saturated rings. The molecule has 0 aromatic heterocycles. The van der Waals surface area contributed by atoms with Crippen LogP contribution in [-0.2, 0) is 19.1 Å². The number of rotatable bonds is 1. The first-order chi connectivity index (χ1) is 7.12. The van der Waals surface area contributed by atoms with Crippen molar-refractivity contribution in [2.45, 2.75) is 31.0 Å². The van der Waals surface area contributed by atoms with E-state index < -0.39 is 17.5 Å². The lowest BCUT2D eigenvalue weighted by Gasteiger charge is -2.37. The Labute approximate surface area is 86.4 Å². The summed E-state index contributed by atoms with van der Waals surface area (Å²) in [6.45, 7) is 0.233. The van der Waals surface area contributed by atoms with Crippen molar-refractivity contribution in [2.75, 3.05) is 6.61 Å². The van der Waals surface area contributed by atoms with Crippen LogP contribution in [0.15, 0.2) is 0 Å². The van der Waals surface area contributed by atoms with E-state index in [1.165, 1.54) is 0 Å². The lowest BCUT2D eigenvalue weighted by Crippen LogP contribution is -2.49. The molecule has 0 aromatic carbocycles. The summed E-state index contributed by atoms with van der Waals surface area (Å²) in [6.07, 6.45) is 1.56. The molecule has 3 saturated heterocycles. The van der Waals surface area contributed by atoms with Crippen molar-refractivity contribution < 1.29 is 24.2 Å². The van der Waals surface area contributed by atoms with Gasteiger partial charge >= 0.3 is 11.9 Å². The van der Waals surface area contributed by atoms with Gasteiger partial charge in [-0.05, 0) is 12.8 Å². The van der Waals surface area contributed by atoms with Gasteiger partial charge in [-0.3, -0.25) is 9.59 Å². The van der Waals surface area contributed by atoms with Crippen molar-refractivity contribution in [1.29, 1.82) is 0 Å². The molecule has 1 spiro atoms. The predicted octanol–water partition coefficient (Wildman–Crippen LogP) is 0.182. The second-order valence-electron chi connectivity index (χ2n) is 4.60. The summed E-state index contributed by atoms with van der Waals surface area (Å²) in [7, 11) is 0. The summed E-state index contributed by atoms with van der Waals surface area (Å²) in [5, 5.41) is 9.13. The number of carboxylic acids is 1. The molecule has 5 heteroatoms. The highest BCUT2D eigenvalue weighted by molar-refractivity contribution is 5.76. The standard InChI is InChI=1S/C10H12O5/c11-7-3-5-8(9(12)13)6-1-2-10(5,15-6)4-14-7/h5-6,8H,1-4H2,(H,12,13)/t5-,6-,8-,10+/m1/s1. The van der Waals surface area contributed by atoms with Gasteiger partial charge < -0.3 is 14.6 Å². The summed E-state index contributed by atoms with van der Waals surface area (Å²) in [4.78, 5) is 22.3. The predicted molar refractivity (Wildman–Crippen MR) is 47.0 cm³/mol. The van der Waals surface area contributed by atoms with Crippen LogP contribution in [0.2, 0.25) is 0 Å². The first kappa shape index (κ1) is 9.15. The minimum atomic E-state index is -0.846. The lowest BCUT2D eigenvalue weighted by atomic mass is 9.69. The number of hydrogen-bond donors (Lipinski definition) is 1. The highest BCUT2D eigenvalue weighted by Crippen LogP contribution is 2.54. The Morgan fingerprint density at radius 3 is 3.07 bits per heavy atom. The third-order valence-corrected chi connectivity index (χ3v) is 3.90. The van der Waals surface area contributed by atoms with Gasteiger partial charge in [-0.15, -0.1) is 0 Å². The van der Waals surface area contributed by atoms with Crippen LogP contribution in [0, 0.1) is 11.8 Å². The van der Waals surface area contributed by atoms with E-state index in [9.17, 15) is 9.59 Å². The van der Waals surface area contributed by atoms with E-state index in [-0.39, 0.29) is 31.0 Å². The summed E-state index contributed by atoms with van der Waals surface area (Å²) < 4.78 is 10.7. The minimum Gasteiger partial charge on any atom is -0.481 e. The van der Waals surface area contributed by atoms with Gasteiger partial charge in [0.15, 0.2) is 0 Å². The maximum atomic E-state index is 11.2. The molecule has 3 heterocycles. The van der Waals surface area contributed by atoms with Crippen LogP contribution in [-0.4, -0.2) is 35.4 Å². The zero-order chi connectivity index (χ0) is 10.6. The normalized spacial score (nSPS) is 47.5. The summed E-state index contributed by atoms with van der Waals surface area (Å²) in [5.74, 6) is -1.85. The fourth-order valence-electron chi connectivity index (χ4n) is 3.22. The quantitative estimate of drug-likeness (QED) is 0.628. The maximum Gasteiger partial charge on any atom is 0.309 e. The van der Waals surface area contributed by atoms with Crippen LogP contribution in [0.5, 0.6) is 0 Å². The Bertz CT molecular complexity index is 339. The van der Waals surface area contributed by atoms with Gasteiger partial charge in [0.1, 0.15) is 12.2 Å². The van der Waals surface area contributed by atoms with Crippen LogP contribution in [0.1, 0.15) is 19.3 Å². The van der Waals surface area contributed by atoms with Crippen molar-refractivity contribution in [3.8, 4) is 0 Å². The van der Waals surface area contributed by atoms with Crippen molar-refractivity contribution in [2.24, 2.45) is 11.8 Å². The van der Waals surface area contributed by atoms with Gasteiger partial charge in [0.05, 0.1) is 18.4 Å². The number of carbonyl (C=O) groups is 2. The Balaban J connectivity index is 1.95. The molecule has 5 nitrogen and oxygen atoms in total. The number of fused-ring (bicyclic) bond motifs is 1. The summed E-state index contributed by atoms with van der Waals surface area (Å²) in [6, 6.07) is 0. The first-order valence-corrected chi connectivity index (χ1v) is 5.19. The molecule has 0 saturated carbocycles. The van der Waals surface area contributed by atoms with Crippen molar-refractivity contribution >= 4 is 11.9 Å². The average molecular weight is 212 g/mol. The summed E-state index contributed by atoms with van der Waals surface area (Å²) in [5.41, 5.74) is -0.484. The van der Waals surface area contributed by atoms with Crippen LogP contribution >= 0.6 is 0 Å². The maximum absolute atomic E-state index is 11.2. The zero-order valence-electron chi connectivity index (χ0n) is 8.14. The molecule has 1 N–H and O–H groups in total. The van der Waals surface area contributed by atoms with E-state index in [1.54, 1.807) is 0 Å². The second kappa shape index (κ2) is 2.72. The van der Waals surface area contributed by atoms with E-state index in [4.69, 9.17) is 14.6 Å². The molecule has 0 radical (unpaired) electrons. The number of aliphatic carboxylic acids is 1. The molecular formula is C10H12O5. The van der Waals surface area contributed by atoms with Crippen LogP contribution in [0.4, 0.5) is 0 Å². The number of esters is 1. The van der Waals surface area contributed by atoms with Gasteiger partial charge in [-0.1, -0.05) is 0 Å². The number of carboxylic acid groups (broad SMARTS) is 1. The molecule has 0 aliphatic carbocycles. The van der Waals surface area contributed by atoms with E-state index in [0.29, 0.717) is 0 Å². The highest BCUT2D eigenvalue weighted by Gasteiger charge is 2.64. The Morgan fingerprint density at radius 2 is 2.33 bits per heavy atom. The number of carbonyl (C=O) groups excluding carboxylic acids is 1. The third kappa shape index (κ3) is 1.07. The lowest BCUT2D eigenvalue weighted by molar-refractivity contribution is -0.167. The molecule has 3 aliphatic rings. The third-order valence-electron chi connectivity index (χ3n) is 3.90. The van der Waals surface area contributed by atoms with E-state index in [2.05, 4.69) is 0 Å². The number of hydrogen-bond acceptors (Lipinski definition) is 4. The van der Waals surface area contributed by atoms with Crippen LogP contribution in [0.3, 0.4) is 0 Å². The molecular weight excluding hydrogens is 200 g/mol. The number of cyclic esters (lactones) is 1. The topological polar surface area (TPSA) is 72.8 Å². The van der Waals surface area contributed by atoms with E-state index >= 15 is 0 Å². The molecule has 0 unspecified atom stereocenters. The monoisotopic (exact) mass is 212 g/mol. The molecule has 2 bridgehead atoms. The van der Waals surface area contributed by atoms with Gasteiger partial charge in [0, 0.05) is 5.92 Å². The Hall–Kier alpha value is -1.10. The van der Waals surface area contributed by atoms with E-state index in [1.807, 2.05) is 0 Å². The van der Waals surface area contributed by atoms with Crippen LogP contribution < -0.4 is 0 Å². The van der Waals surface area contributed by atoms with Crippen molar-refractivity contribution in [1.82, 2.24) is 0 Å². The molecule has 0 aromatic rings. The van der Waals surface area contributed by atoms with Gasteiger partial charge in [0.25, 0.3) is 0 Å². The van der Waals surface area contributed by atoms with Gasteiger partial charge in [0.2, 0.25) is 0 Å². The average Bonchev–Trinajstić information content (AvgIpc) is 2.70. The van der Waals surface area contributed by atoms with Crippen molar-refractivity contribution in [3.63, 3.8) is 0 Å². The smallest absolute Gasteiger partial charge is 0.309 e. The molecule has 3 rings (SSSR count). The Morgan fingerprint density at radius 1 is 1.53 bits per heavy atom. The molecule has 15 heavy (non-hydrogen) atoms. The highest BCUT2D eigenvalue weighted by atomic mass is 16.6. The van der Waals surface area contributed by atoms with Gasteiger partial charge in [-0.25, -0.2) is 0 Å². The molecule has 4 atom stereocenters. The molecule has 3 aliphatic heterocycles. The zero-order valence-corrected chi connectivity index (χ0v) is 8.14.